The zero-order chi connectivity index (χ0) is 38.2. The van der Waals surface area contributed by atoms with Crippen molar-refractivity contribution < 1.29 is 9.53 Å². The second kappa shape index (κ2) is 13.6. The van der Waals surface area contributed by atoms with Gasteiger partial charge in [-0.05, 0) is 149 Å². The van der Waals surface area contributed by atoms with Crippen LogP contribution in [0.1, 0.15) is 187 Å². The molecule has 2 nitrogen and oxygen atoms in total. The smallest absolute Gasteiger partial charge is 0.136 e. The number of ether oxygens (including phenoxy) is 1. The lowest BCUT2D eigenvalue weighted by molar-refractivity contribution is -0.243. The molecule has 5 fully saturated rings. The minimum atomic E-state index is -0.118. The lowest BCUT2D eigenvalue weighted by Gasteiger charge is -2.66. The minimum absolute atomic E-state index is 0.118. The first-order chi connectivity index (χ1) is 23.4. The highest BCUT2D eigenvalue weighted by molar-refractivity contribution is 5.83. The molecule has 0 N–H and O–H groups in total. The van der Waals surface area contributed by atoms with E-state index in [1.165, 1.54) is 82.6 Å². The monoisotopic (exact) mass is 701 g/mol. The fourth-order valence-corrected chi connectivity index (χ4v) is 13.6. The summed E-state index contributed by atoms with van der Waals surface area (Å²) in [7, 11) is 0. The van der Waals surface area contributed by atoms with Gasteiger partial charge in [-0.15, -0.1) is 0 Å². The largest absolute Gasteiger partial charge is 0.491 e. The zero-order valence-electron chi connectivity index (χ0n) is 36.1. The number of ketones is 1. The molecule has 288 valence electrons. The highest BCUT2D eigenvalue weighted by Gasteiger charge is 2.65. The van der Waals surface area contributed by atoms with E-state index in [4.69, 9.17) is 4.74 Å². The fourth-order valence-electron chi connectivity index (χ4n) is 13.6. The molecule has 51 heavy (non-hydrogen) atoms. The Morgan fingerprint density at radius 2 is 1.35 bits per heavy atom. The van der Waals surface area contributed by atoms with Gasteiger partial charge in [0.2, 0.25) is 0 Å². The van der Waals surface area contributed by atoms with Gasteiger partial charge in [-0.25, -0.2) is 0 Å². The SMILES string of the molecule is C=C(C)[C@@]1(C)CC=C2CCCC(C)(C)[C@@H]2[C@H]1C.C=C1OC23CCCC(C)(C)[C@@H]2[C@@H](C)[C@]1(C)CC3.CC(=O)[C@@]1(C)CCC2=C([C@H]1C)C(C)(C)CCC2. The van der Waals surface area contributed by atoms with Crippen LogP contribution in [0.4, 0.5) is 0 Å². The van der Waals surface area contributed by atoms with E-state index in [2.05, 4.69) is 109 Å². The van der Waals surface area contributed by atoms with Crippen LogP contribution in [0.3, 0.4) is 0 Å². The van der Waals surface area contributed by atoms with Gasteiger partial charge >= 0.3 is 0 Å². The highest BCUT2D eigenvalue weighted by Crippen LogP contribution is 2.67. The van der Waals surface area contributed by atoms with Crippen LogP contribution in [-0.2, 0) is 9.53 Å². The van der Waals surface area contributed by atoms with E-state index in [9.17, 15) is 4.79 Å². The van der Waals surface area contributed by atoms with Gasteiger partial charge in [-0.1, -0.05) is 125 Å². The molecule has 0 aromatic carbocycles. The summed E-state index contributed by atoms with van der Waals surface area (Å²) in [6.07, 6.45) is 20.4. The van der Waals surface area contributed by atoms with Gasteiger partial charge in [0.15, 0.2) is 0 Å². The van der Waals surface area contributed by atoms with E-state index in [1.807, 2.05) is 0 Å². The number of carbonyl (C=O) groups excluding carboxylic acids is 1. The molecule has 2 heterocycles. The third kappa shape index (κ3) is 6.74. The maximum absolute atomic E-state index is 12.0. The third-order valence-corrected chi connectivity index (χ3v) is 17.7. The van der Waals surface area contributed by atoms with Gasteiger partial charge in [0, 0.05) is 16.7 Å². The first-order valence-corrected chi connectivity index (χ1v) is 21.4. The lowest BCUT2D eigenvalue weighted by Crippen LogP contribution is -2.64. The molecule has 1 unspecified atom stereocenters. The summed E-state index contributed by atoms with van der Waals surface area (Å²) in [6.45, 7) is 41.2. The Morgan fingerprint density at radius 1 is 0.725 bits per heavy atom. The maximum Gasteiger partial charge on any atom is 0.136 e. The molecular formula is C49H80O2. The molecule has 2 bridgehead atoms. The van der Waals surface area contributed by atoms with Crippen molar-refractivity contribution in [3.8, 4) is 0 Å². The first kappa shape index (κ1) is 40.6. The Hall–Kier alpha value is -1.57. The van der Waals surface area contributed by atoms with Crippen LogP contribution in [0.5, 0.6) is 0 Å². The van der Waals surface area contributed by atoms with E-state index in [1.54, 1.807) is 23.6 Å². The van der Waals surface area contributed by atoms with Gasteiger partial charge in [0.25, 0.3) is 0 Å². The van der Waals surface area contributed by atoms with Crippen molar-refractivity contribution in [3.05, 3.63) is 47.3 Å². The number of rotatable bonds is 2. The predicted molar refractivity (Wildman–Crippen MR) is 218 cm³/mol. The molecular weight excluding hydrogens is 621 g/mol. The Morgan fingerprint density at radius 3 is 1.96 bits per heavy atom. The summed E-state index contributed by atoms with van der Waals surface area (Å²) < 4.78 is 6.39. The Balaban J connectivity index is 0.000000148. The quantitative estimate of drug-likeness (QED) is 0.268. The summed E-state index contributed by atoms with van der Waals surface area (Å²) in [5.41, 5.74) is 8.16. The zero-order valence-corrected chi connectivity index (χ0v) is 36.1. The molecule has 8 aliphatic rings. The second-order valence-electron chi connectivity index (χ2n) is 21.9. The normalized spacial score (nSPS) is 43.0. The summed E-state index contributed by atoms with van der Waals surface area (Å²) in [4.78, 5) is 12.0. The van der Waals surface area contributed by atoms with Crippen molar-refractivity contribution >= 4 is 5.78 Å². The summed E-state index contributed by atoms with van der Waals surface area (Å²) in [5.74, 6) is 4.81. The third-order valence-electron chi connectivity index (χ3n) is 17.7. The van der Waals surface area contributed by atoms with Gasteiger partial charge in [-0.3, -0.25) is 4.79 Å². The molecule has 0 radical (unpaired) electrons. The van der Waals surface area contributed by atoms with Gasteiger partial charge in [0.1, 0.15) is 11.4 Å². The summed E-state index contributed by atoms with van der Waals surface area (Å²) >= 11 is 0. The number of hydrogen-bond acceptors (Lipinski definition) is 2. The van der Waals surface area contributed by atoms with Crippen LogP contribution in [-0.4, -0.2) is 11.4 Å². The van der Waals surface area contributed by atoms with E-state index in [-0.39, 0.29) is 16.4 Å². The van der Waals surface area contributed by atoms with E-state index in [0.29, 0.717) is 45.2 Å². The molecule has 9 atom stereocenters. The van der Waals surface area contributed by atoms with Crippen molar-refractivity contribution in [2.45, 2.75) is 192 Å². The molecule has 0 amide bonds. The van der Waals surface area contributed by atoms with Gasteiger partial charge in [-0.2, -0.15) is 0 Å². The van der Waals surface area contributed by atoms with Crippen molar-refractivity contribution in [1.82, 2.24) is 0 Å². The average Bonchev–Trinajstić information content (AvgIpc) is 3.01. The number of fused-ring (bicyclic) bond motifs is 3. The van der Waals surface area contributed by atoms with Gasteiger partial charge < -0.3 is 4.74 Å². The van der Waals surface area contributed by atoms with Crippen molar-refractivity contribution in [2.24, 2.45) is 62.1 Å². The molecule has 0 aromatic heterocycles. The molecule has 8 rings (SSSR count). The Bertz CT molecular complexity index is 1440. The number of Topliss-reactive ketones (excluding diaryl/α,β-unsaturated/α-hetero) is 1. The van der Waals surface area contributed by atoms with Gasteiger partial charge in [0.05, 0.1) is 5.76 Å². The number of hydrogen-bond donors (Lipinski definition) is 0. The minimum Gasteiger partial charge on any atom is -0.491 e. The van der Waals surface area contributed by atoms with Crippen LogP contribution in [0.25, 0.3) is 0 Å². The molecule has 2 saturated heterocycles. The van der Waals surface area contributed by atoms with Crippen LogP contribution < -0.4 is 0 Å². The van der Waals surface area contributed by atoms with Crippen molar-refractivity contribution in [2.75, 3.05) is 0 Å². The molecule has 3 saturated carbocycles. The predicted octanol–water partition coefficient (Wildman–Crippen LogP) is 14.4. The summed E-state index contributed by atoms with van der Waals surface area (Å²) in [6, 6.07) is 0. The lowest BCUT2D eigenvalue weighted by atomic mass is 9.45. The standard InChI is InChI=1S/C17H28.2C16H26O/c1-12(2)17(6)11-9-14-8-7-10-16(4,5)15(14)13(17)3;1-11-13-14(3,4)7-6-8-16(13)10-9-15(11,5)12(2)17-16;1-11-14-13(7-6-9-15(14,3)4)8-10-16(11,5)12(2)17/h9,13,15H,1,7-8,10-11H2,2-6H3;11,13H,2,6-10H2,1,3-5H3;11H,6-10H2,1-5H3/t13-,15-,17-;11-,13+,15+,16?;11-,16+/m111/s1. The molecule has 0 aromatic rings. The van der Waals surface area contributed by atoms with Crippen LogP contribution in [0.15, 0.2) is 47.3 Å². The summed E-state index contributed by atoms with van der Waals surface area (Å²) in [5, 5.41) is 0. The van der Waals surface area contributed by atoms with Crippen LogP contribution in [0.2, 0.25) is 0 Å². The van der Waals surface area contributed by atoms with Crippen molar-refractivity contribution in [1.29, 1.82) is 0 Å². The molecule has 2 heteroatoms. The molecule has 1 spiro atoms. The Kier molecular flexibility index (Phi) is 10.8. The molecule has 6 aliphatic carbocycles. The van der Waals surface area contributed by atoms with Crippen LogP contribution in [0, 0.1) is 62.1 Å². The fraction of sp³-hybridized carbons (Fsp3) is 0.816. The molecule has 2 aliphatic heterocycles. The second-order valence-corrected chi connectivity index (χ2v) is 21.9. The highest BCUT2D eigenvalue weighted by atomic mass is 16.5. The number of carbonyl (C=O) groups is 1. The van der Waals surface area contributed by atoms with Crippen LogP contribution >= 0.6 is 0 Å². The topological polar surface area (TPSA) is 26.3 Å². The first-order valence-electron chi connectivity index (χ1n) is 21.4. The maximum atomic E-state index is 12.0. The van der Waals surface area contributed by atoms with E-state index < -0.39 is 0 Å². The van der Waals surface area contributed by atoms with E-state index >= 15 is 0 Å². The Labute approximate surface area is 316 Å². The van der Waals surface area contributed by atoms with E-state index in [0.717, 1.165) is 30.4 Å². The van der Waals surface area contributed by atoms with Crippen molar-refractivity contribution in [3.63, 3.8) is 0 Å². The average molecular weight is 701 g/mol. The number of allylic oxidation sites excluding steroid dienone is 6.